The van der Waals surface area contributed by atoms with Crippen LogP contribution < -0.4 is 0 Å². The maximum atomic E-state index is 7.17. The molecule has 0 aliphatic heterocycles. The Balaban J connectivity index is 0.000000223. The van der Waals surface area contributed by atoms with Crippen molar-refractivity contribution >= 4 is 47.0 Å². The predicted molar refractivity (Wildman–Crippen MR) is 95.0 cm³/mol. The van der Waals surface area contributed by atoms with Gasteiger partial charge >= 0.3 is 14.6 Å². The molecule has 0 unspecified atom stereocenters. The molecule has 0 atom stereocenters. The van der Waals surface area contributed by atoms with Crippen LogP contribution in [0.1, 0.15) is 0 Å². The topological polar surface area (TPSA) is 121 Å². The van der Waals surface area contributed by atoms with Gasteiger partial charge in [0.1, 0.15) is 0 Å². The standard InChI is InChI=1S/C16H10.2BH3O3/c1-3-11-7-9-13-5-2-6-14-10-8-12(4-1)15(11)16(13)14;2*2-1(3)4/h1-10H;2*2-4H. The SMILES string of the molecule is OB(O)O.OB(O)O.c1cc2ccc3cccc4ccc(c1)c2c34. The van der Waals surface area contributed by atoms with Crippen molar-refractivity contribution in [3.05, 3.63) is 60.7 Å². The molecule has 0 heterocycles. The monoisotopic (exact) mass is 326 g/mol. The minimum Gasteiger partial charge on any atom is -0.402 e. The Morgan fingerprint density at radius 1 is 0.417 bits per heavy atom. The van der Waals surface area contributed by atoms with Crippen molar-refractivity contribution < 1.29 is 30.1 Å². The predicted octanol–water partition coefficient (Wildman–Crippen LogP) is 0.480. The van der Waals surface area contributed by atoms with Gasteiger partial charge in [-0.1, -0.05) is 60.7 Å². The molecular formula is C16H16B2O6. The second-order valence-corrected chi connectivity index (χ2v) is 4.98. The molecule has 8 heteroatoms. The van der Waals surface area contributed by atoms with Gasteiger partial charge in [-0.15, -0.1) is 0 Å². The summed E-state index contributed by atoms with van der Waals surface area (Å²) in [4.78, 5) is 0. The molecule has 6 N–H and O–H groups in total. The summed E-state index contributed by atoms with van der Waals surface area (Å²) in [6.07, 6.45) is 0. The van der Waals surface area contributed by atoms with Gasteiger partial charge in [0, 0.05) is 0 Å². The summed E-state index contributed by atoms with van der Waals surface area (Å²) in [5.41, 5.74) is 0. The molecule has 4 aromatic rings. The van der Waals surface area contributed by atoms with Crippen molar-refractivity contribution in [1.82, 2.24) is 0 Å². The minimum absolute atomic E-state index is 1.34. The van der Waals surface area contributed by atoms with E-state index in [-0.39, 0.29) is 0 Å². The fourth-order valence-electron chi connectivity index (χ4n) is 2.67. The van der Waals surface area contributed by atoms with Crippen LogP contribution in [0.4, 0.5) is 0 Å². The second-order valence-electron chi connectivity index (χ2n) is 4.98. The van der Waals surface area contributed by atoms with Gasteiger partial charge in [0.05, 0.1) is 0 Å². The molecule has 4 rings (SSSR count). The van der Waals surface area contributed by atoms with Crippen LogP contribution >= 0.6 is 0 Å². The Morgan fingerprint density at radius 3 is 0.833 bits per heavy atom. The van der Waals surface area contributed by atoms with Gasteiger partial charge in [-0.2, -0.15) is 0 Å². The highest BCUT2D eigenvalue weighted by atomic mass is 16.5. The van der Waals surface area contributed by atoms with Crippen molar-refractivity contribution in [2.75, 3.05) is 0 Å². The summed E-state index contributed by atoms with van der Waals surface area (Å²) in [5, 5.41) is 51.1. The lowest BCUT2D eigenvalue weighted by molar-refractivity contribution is 0.276. The molecule has 24 heavy (non-hydrogen) atoms. The Kier molecular flexibility index (Phi) is 6.10. The molecule has 0 spiro atoms. The zero-order chi connectivity index (χ0) is 17.7. The summed E-state index contributed by atoms with van der Waals surface area (Å²) in [6.45, 7) is 0. The third-order valence-corrected chi connectivity index (χ3v) is 3.39. The molecule has 0 bridgehead atoms. The van der Waals surface area contributed by atoms with Crippen LogP contribution in [0.15, 0.2) is 60.7 Å². The smallest absolute Gasteiger partial charge is 0.402 e. The van der Waals surface area contributed by atoms with Crippen LogP contribution in [0.3, 0.4) is 0 Å². The van der Waals surface area contributed by atoms with E-state index in [9.17, 15) is 0 Å². The van der Waals surface area contributed by atoms with E-state index in [0.29, 0.717) is 0 Å². The van der Waals surface area contributed by atoms with Crippen LogP contribution in [0.5, 0.6) is 0 Å². The van der Waals surface area contributed by atoms with Crippen molar-refractivity contribution in [2.45, 2.75) is 0 Å². The first kappa shape index (κ1) is 18.2. The zero-order valence-electron chi connectivity index (χ0n) is 12.6. The van der Waals surface area contributed by atoms with Crippen LogP contribution in [0.2, 0.25) is 0 Å². The van der Waals surface area contributed by atoms with Gasteiger partial charge in [-0.3, -0.25) is 0 Å². The van der Waals surface area contributed by atoms with Gasteiger partial charge in [0.25, 0.3) is 0 Å². The molecule has 0 saturated carbocycles. The van der Waals surface area contributed by atoms with E-state index in [4.69, 9.17) is 30.1 Å². The first-order valence-electron chi connectivity index (χ1n) is 7.11. The van der Waals surface area contributed by atoms with Gasteiger partial charge in [0.2, 0.25) is 0 Å². The first-order chi connectivity index (χ1) is 11.4. The van der Waals surface area contributed by atoms with Crippen LogP contribution in [-0.2, 0) is 0 Å². The highest BCUT2D eigenvalue weighted by Gasteiger charge is 2.05. The molecule has 0 aliphatic rings. The highest BCUT2D eigenvalue weighted by Crippen LogP contribution is 2.33. The largest absolute Gasteiger partial charge is 0.631 e. The van der Waals surface area contributed by atoms with Gasteiger partial charge in [0.15, 0.2) is 0 Å². The molecule has 0 amide bonds. The van der Waals surface area contributed by atoms with E-state index in [1.54, 1.807) is 0 Å². The number of benzene rings is 4. The molecule has 0 fully saturated rings. The summed E-state index contributed by atoms with van der Waals surface area (Å²) in [5.74, 6) is 0. The summed E-state index contributed by atoms with van der Waals surface area (Å²) in [7, 11) is -4.33. The molecular weight excluding hydrogens is 310 g/mol. The Hall–Kier alpha value is -2.19. The van der Waals surface area contributed by atoms with Crippen LogP contribution in [0, 0.1) is 0 Å². The van der Waals surface area contributed by atoms with Gasteiger partial charge in [-0.25, -0.2) is 0 Å². The van der Waals surface area contributed by atoms with E-state index in [0.717, 1.165) is 0 Å². The quantitative estimate of drug-likeness (QED) is 0.206. The molecule has 0 radical (unpaired) electrons. The van der Waals surface area contributed by atoms with Gasteiger partial charge < -0.3 is 30.1 Å². The number of hydrogen-bond acceptors (Lipinski definition) is 6. The average Bonchev–Trinajstić information content (AvgIpc) is 2.52. The fourth-order valence-corrected chi connectivity index (χ4v) is 2.67. The Bertz CT molecular complexity index is 771. The Morgan fingerprint density at radius 2 is 0.625 bits per heavy atom. The van der Waals surface area contributed by atoms with E-state index in [2.05, 4.69) is 60.7 Å². The maximum Gasteiger partial charge on any atom is 0.631 e. The molecule has 0 aromatic heterocycles. The normalized spacial score (nSPS) is 10.1. The van der Waals surface area contributed by atoms with E-state index >= 15 is 0 Å². The molecule has 0 aliphatic carbocycles. The zero-order valence-corrected chi connectivity index (χ0v) is 12.6. The lowest BCUT2D eigenvalue weighted by Crippen LogP contribution is -2.07. The minimum atomic E-state index is -2.17. The summed E-state index contributed by atoms with van der Waals surface area (Å²) < 4.78 is 0. The number of rotatable bonds is 0. The van der Waals surface area contributed by atoms with E-state index in [1.165, 1.54) is 32.3 Å². The van der Waals surface area contributed by atoms with Crippen molar-refractivity contribution in [3.8, 4) is 0 Å². The molecule has 122 valence electrons. The van der Waals surface area contributed by atoms with Gasteiger partial charge in [-0.05, 0) is 32.3 Å². The first-order valence-corrected chi connectivity index (χ1v) is 7.11. The fraction of sp³-hybridized carbons (Fsp3) is 0. The second kappa shape index (κ2) is 8.07. The van der Waals surface area contributed by atoms with Crippen LogP contribution in [0.25, 0.3) is 32.3 Å². The number of hydrogen-bond donors (Lipinski definition) is 6. The van der Waals surface area contributed by atoms with Crippen LogP contribution in [-0.4, -0.2) is 44.8 Å². The average molecular weight is 326 g/mol. The molecule has 4 aromatic carbocycles. The highest BCUT2D eigenvalue weighted by molar-refractivity contribution is 6.30. The third-order valence-electron chi connectivity index (χ3n) is 3.39. The lowest BCUT2D eigenvalue weighted by atomic mass is 9.95. The van der Waals surface area contributed by atoms with Crippen molar-refractivity contribution in [3.63, 3.8) is 0 Å². The van der Waals surface area contributed by atoms with E-state index < -0.39 is 14.6 Å². The van der Waals surface area contributed by atoms with Crippen molar-refractivity contribution in [2.24, 2.45) is 0 Å². The third kappa shape index (κ3) is 4.42. The molecule has 6 nitrogen and oxygen atoms in total. The lowest BCUT2D eigenvalue weighted by Gasteiger charge is -2.09. The van der Waals surface area contributed by atoms with E-state index in [1.807, 2.05) is 0 Å². The summed E-state index contributed by atoms with van der Waals surface area (Å²) in [6, 6.07) is 21.9. The molecule has 0 saturated heterocycles. The summed E-state index contributed by atoms with van der Waals surface area (Å²) >= 11 is 0. The Labute approximate surface area is 138 Å². The maximum absolute atomic E-state index is 7.17. The van der Waals surface area contributed by atoms with Crippen molar-refractivity contribution in [1.29, 1.82) is 0 Å².